The van der Waals surface area contributed by atoms with Gasteiger partial charge in [0.2, 0.25) is 5.91 Å². The van der Waals surface area contributed by atoms with Crippen LogP contribution in [-0.4, -0.2) is 66.9 Å². The lowest BCUT2D eigenvalue weighted by Crippen LogP contribution is -2.43. The molecule has 1 aromatic heterocycles. The number of nitrogens with zero attached hydrogens (tertiary/aromatic N) is 3. The molecule has 2 heterocycles. The molecule has 6 nitrogen and oxygen atoms in total. The number of carbonyl (C=O) groups is 2. The first-order valence-corrected chi connectivity index (χ1v) is 11.8. The second-order valence-corrected chi connectivity index (χ2v) is 9.81. The second kappa shape index (κ2) is 10.4. The molecular formula is C24H34N4O2S. The highest BCUT2D eigenvalue weighted by molar-refractivity contribution is 7.17. The molecule has 168 valence electrons. The first kappa shape index (κ1) is 23.4. The van der Waals surface area contributed by atoms with Crippen molar-refractivity contribution in [2.45, 2.75) is 33.6 Å². The number of piperidine rings is 1. The van der Waals surface area contributed by atoms with Crippen molar-refractivity contribution in [2.24, 2.45) is 11.8 Å². The molecule has 0 unspecified atom stereocenters. The maximum atomic E-state index is 13.1. The Hall–Kier alpha value is -2.25. The molecule has 0 radical (unpaired) electrons. The van der Waals surface area contributed by atoms with Crippen LogP contribution in [0.2, 0.25) is 0 Å². The van der Waals surface area contributed by atoms with E-state index in [1.54, 1.807) is 0 Å². The van der Waals surface area contributed by atoms with Crippen molar-refractivity contribution >= 4 is 23.2 Å². The van der Waals surface area contributed by atoms with E-state index in [4.69, 9.17) is 0 Å². The van der Waals surface area contributed by atoms with Crippen molar-refractivity contribution in [3.05, 3.63) is 40.4 Å². The molecule has 7 heteroatoms. The van der Waals surface area contributed by atoms with E-state index in [1.807, 2.05) is 32.8 Å². The molecule has 0 aliphatic carbocycles. The van der Waals surface area contributed by atoms with E-state index in [0.717, 1.165) is 40.5 Å². The first-order valence-electron chi connectivity index (χ1n) is 11.0. The van der Waals surface area contributed by atoms with E-state index in [0.29, 0.717) is 25.6 Å². The fraction of sp³-hybridized carbons (Fsp3) is 0.542. The summed E-state index contributed by atoms with van der Waals surface area (Å²) in [4.78, 5) is 34.9. The average Bonchev–Trinajstić information content (AvgIpc) is 3.14. The van der Waals surface area contributed by atoms with Crippen LogP contribution in [0.3, 0.4) is 0 Å². The lowest BCUT2D eigenvalue weighted by Gasteiger charge is -2.34. The van der Waals surface area contributed by atoms with Gasteiger partial charge in [0, 0.05) is 37.7 Å². The number of rotatable bonds is 7. The van der Waals surface area contributed by atoms with Gasteiger partial charge in [-0.25, -0.2) is 4.98 Å². The highest BCUT2D eigenvalue weighted by Gasteiger charge is 2.31. The van der Waals surface area contributed by atoms with Gasteiger partial charge in [-0.1, -0.05) is 36.8 Å². The summed E-state index contributed by atoms with van der Waals surface area (Å²) in [6.07, 6.45) is 1.72. The molecule has 1 fully saturated rings. The number of hydrogen-bond donors (Lipinski definition) is 1. The molecule has 1 aliphatic rings. The van der Waals surface area contributed by atoms with Crippen LogP contribution < -0.4 is 5.32 Å². The number of hydrogen-bond acceptors (Lipinski definition) is 5. The number of nitrogens with one attached hydrogen (secondary N) is 1. The van der Waals surface area contributed by atoms with Crippen molar-refractivity contribution < 1.29 is 9.59 Å². The maximum absolute atomic E-state index is 13.1. The Morgan fingerprint density at radius 1 is 1.19 bits per heavy atom. The van der Waals surface area contributed by atoms with Crippen LogP contribution in [-0.2, 0) is 4.79 Å². The van der Waals surface area contributed by atoms with E-state index in [1.165, 1.54) is 16.9 Å². The van der Waals surface area contributed by atoms with Gasteiger partial charge in [-0.05, 0) is 46.7 Å². The molecule has 1 aromatic carbocycles. The molecule has 2 aromatic rings. The summed E-state index contributed by atoms with van der Waals surface area (Å²) in [5.74, 6) is 0.467. The standard InChI is InChI=1S/C24H34N4O2S/c1-16-6-8-20(9-7-16)23-26-18(3)21(31-23)24(30)28-13-10-19(11-14-28)17(2)22(29)25-12-15-27(4)5/h6-9,17,19H,10-15H2,1-5H3,(H,25,29)/t17-/m0/s1. The number of thiazole rings is 1. The van der Waals surface area contributed by atoms with Gasteiger partial charge < -0.3 is 15.1 Å². The van der Waals surface area contributed by atoms with E-state index < -0.39 is 0 Å². The molecule has 0 bridgehead atoms. The minimum atomic E-state index is -0.0299. The summed E-state index contributed by atoms with van der Waals surface area (Å²) in [7, 11) is 3.99. The van der Waals surface area contributed by atoms with Crippen molar-refractivity contribution in [2.75, 3.05) is 40.3 Å². The van der Waals surface area contributed by atoms with Gasteiger partial charge in [0.15, 0.2) is 0 Å². The summed E-state index contributed by atoms with van der Waals surface area (Å²) >= 11 is 1.47. The summed E-state index contributed by atoms with van der Waals surface area (Å²) in [6.45, 7) is 8.87. The normalized spacial score (nSPS) is 15.9. The Kier molecular flexibility index (Phi) is 7.84. The monoisotopic (exact) mass is 442 g/mol. The van der Waals surface area contributed by atoms with Crippen LogP contribution in [0.1, 0.15) is 40.7 Å². The predicted molar refractivity (Wildman–Crippen MR) is 126 cm³/mol. The molecule has 1 saturated heterocycles. The van der Waals surface area contributed by atoms with Gasteiger partial charge in [-0.15, -0.1) is 11.3 Å². The summed E-state index contributed by atoms with van der Waals surface area (Å²) in [6, 6.07) is 8.24. The van der Waals surface area contributed by atoms with Crippen LogP contribution in [0, 0.1) is 25.7 Å². The number of amides is 2. The molecule has 0 saturated carbocycles. The Balaban J connectivity index is 1.57. The van der Waals surface area contributed by atoms with Crippen molar-refractivity contribution in [1.29, 1.82) is 0 Å². The Labute approximate surface area is 189 Å². The SMILES string of the molecule is Cc1ccc(-c2nc(C)c(C(=O)N3CCC([C@H](C)C(=O)NCCN(C)C)CC3)s2)cc1. The van der Waals surface area contributed by atoms with Gasteiger partial charge in [0.1, 0.15) is 9.88 Å². The molecule has 1 aliphatic heterocycles. The van der Waals surface area contributed by atoms with Crippen molar-refractivity contribution in [3.63, 3.8) is 0 Å². The number of aryl methyl sites for hydroxylation is 2. The molecule has 1 N–H and O–H groups in total. The largest absolute Gasteiger partial charge is 0.355 e. The van der Waals surface area contributed by atoms with Crippen molar-refractivity contribution in [3.8, 4) is 10.6 Å². The zero-order valence-electron chi connectivity index (χ0n) is 19.3. The highest BCUT2D eigenvalue weighted by Crippen LogP contribution is 2.31. The predicted octanol–water partition coefficient (Wildman–Crippen LogP) is 3.59. The molecule has 1 atom stereocenters. The zero-order valence-corrected chi connectivity index (χ0v) is 20.1. The quantitative estimate of drug-likeness (QED) is 0.712. The minimum Gasteiger partial charge on any atom is -0.355 e. The third kappa shape index (κ3) is 5.92. The van der Waals surface area contributed by atoms with Gasteiger partial charge in [-0.2, -0.15) is 0 Å². The highest BCUT2D eigenvalue weighted by atomic mass is 32.1. The molecule has 3 rings (SSSR count). The number of aromatic nitrogens is 1. The van der Waals surface area contributed by atoms with E-state index in [9.17, 15) is 9.59 Å². The van der Waals surface area contributed by atoms with Gasteiger partial charge in [0.25, 0.3) is 5.91 Å². The number of likely N-dealkylation sites (tertiary alicyclic amines) is 1. The summed E-state index contributed by atoms with van der Waals surface area (Å²) < 4.78 is 0. The van der Waals surface area contributed by atoms with Crippen molar-refractivity contribution in [1.82, 2.24) is 20.1 Å². The van der Waals surface area contributed by atoms with Crippen LogP contribution in [0.25, 0.3) is 10.6 Å². The van der Waals surface area contributed by atoms with Gasteiger partial charge in [-0.3, -0.25) is 9.59 Å². The third-order valence-corrected chi connectivity index (χ3v) is 7.29. The van der Waals surface area contributed by atoms with E-state index >= 15 is 0 Å². The Bertz CT molecular complexity index is 899. The lowest BCUT2D eigenvalue weighted by molar-refractivity contribution is -0.126. The number of carbonyl (C=O) groups excluding carboxylic acids is 2. The summed E-state index contributed by atoms with van der Waals surface area (Å²) in [5.41, 5.74) is 3.05. The minimum absolute atomic E-state index is 0.0299. The summed E-state index contributed by atoms with van der Waals surface area (Å²) in [5, 5.41) is 3.92. The zero-order chi connectivity index (χ0) is 22.5. The Morgan fingerprint density at radius 2 is 1.84 bits per heavy atom. The number of likely N-dealkylation sites (N-methyl/N-ethyl adjacent to an activating group) is 1. The van der Waals surface area contributed by atoms with Gasteiger partial charge in [0.05, 0.1) is 5.69 Å². The fourth-order valence-corrected chi connectivity index (χ4v) is 4.98. The lowest BCUT2D eigenvalue weighted by atomic mass is 9.85. The van der Waals surface area contributed by atoms with E-state index in [2.05, 4.69) is 46.4 Å². The van der Waals surface area contributed by atoms with Crippen LogP contribution in [0.5, 0.6) is 0 Å². The van der Waals surface area contributed by atoms with Crippen LogP contribution in [0.4, 0.5) is 0 Å². The smallest absolute Gasteiger partial charge is 0.265 e. The molecule has 0 spiro atoms. The third-order valence-electron chi connectivity index (χ3n) is 6.10. The fourth-order valence-electron chi connectivity index (χ4n) is 3.94. The molecule has 2 amide bonds. The van der Waals surface area contributed by atoms with Crippen LogP contribution >= 0.6 is 11.3 Å². The average molecular weight is 443 g/mol. The molecular weight excluding hydrogens is 408 g/mol. The second-order valence-electron chi connectivity index (χ2n) is 8.81. The Morgan fingerprint density at radius 3 is 2.45 bits per heavy atom. The van der Waals surface area contributed by atoms with Crippen LogP contribution in [0.15, 0.2) is 24.3 Å². The maximum Gasteiger partial charge on any atom is 0.265 e. The van der Waals surface area contributed by atoms with Gasteiger partial charge >= 0.3 is 0 Å². The topological polar surface area (TPSA) is 65.5 Å². The van der Waals surface area contributed by atoms with E-state index in [-0.39, 0.29) is 17.7 Å². The molecule has 31 heavy (non-hydrogen) atoms. The number of benzene rings is 1. The first-order chi connectivity index (χ1) is 14.8.